The molecule has 0 radical (unpaired) electrons. The molecule has 0 saturated carbocycles. The summed E-state index contributed by atoms with van der Waals surface area (Å²) in [6.07, 6.45) is -6.13. The van der Waals surface area contributed by atoms with Crippen molar-refractivity contribution in [3.63, 3.8) is 0 Å². The maximum Gasteiger partial charge on any atom is 0.573 e. The van der Waals surface area contributed by atoms with Crippen molar-refractivity contribution in [3.8, 4) is 39.5 Å². The molecule has 0 N–H and O–H groups in total. The summed E-state index contributed by atoms with van der Waals surface area (Å²) in [6, 6.07) is 14.9. The third-order valence-corrected chi connectivity index (χ3v) is 7.85. The van der Waals surface area contributed by atoms with Gasteiger partial charge in [0.05, 0.1) is 28.2 Å². The van der Waals surface area contributed by atoms with Crippen LogP contribution in [-0.2, 0) is 22.4 Å². The van der Waals surface area contributed by atoms with E-state index in [1.165, 1.54) is 58.8 Å². The molecule has 0 aliphatic carbocycles. The van der Waals surface area contributed by atoms with E-state index in [1.807, 2.05) is 0 Å². The van der Waals surface area contributed by atoms with Crippen LogP contribution in [0.2, 0.25) is 0 Å². The molecule has 0 amide bonds. The summed E-state index contributed by atoms with van der Waals surface area (Å²) in [5.41, 5.74) is 1.34. The highest BCUT2D eigenvalue weighted by Gasteiger charge is 2.35. The average Bonchev–Trinajstić information content (AvgIpc) is 3.59. The third kappa shape index (κ3) is 6.32. The Morgan fingerprint density at radius 2 is 1.59 bits per heavy atom. The number of ether oxygens (including phenoxy) is 1. The summed E-state index contributed by atoms with van der Waals surface area (Å²) >= 11 is 0. The van der Waals surface area contributed by atoms with Crippen molar-refractivity contribution >= 4 is 9.84 Å². The molecule has 230 valence electrons. The average molecular weight is 636 g/mol. The van der Waals surface area contributed by atoms with Gasteiger partial charge >= 0.3 is 12.5 Å². The van der Waals surface area contributed by atoms with Crippen LogP contribution in [0.4, 0.5) is 26.3 Å². The fourth-order valence-electron chi connectivity index (χ4n) is 4.68. The van der Waals surface area contributed by atoms with E-state index in [1.54, 1.807) is 31.2 Å². The van der Waals surface area contributed by atoms with Gasteiger partial charge in [0.15, 0.2) is 15.5 Å². The summed E-state index contributed by atoms with van der Waals surface area (Å²) in [6.45, 7) is 3.06. The molecule has 0 fully saturated rings. The quantitative estimate of drug-likeness (QED) is 0.179. The molecule has 8 nitrogen and oxygen atoms in total. The summed E-state index contributed by atoms with van der Waals surface area (Å²) < 4.78 is 111. The molecule has 44 heavy (non-hydrogen) atoms. The lowest BCUT2D eigenvalue weighted by Gasteiger charge is -2.17. The Hall–Kier alpha value is -4.66. The van der Waals surface area contributed by atoms with Gasteiger partial charge < -0.3 is 9.30 Å². The summed E-state index contributed by atoms with van der Waals surface area (Å²) in [5, 5.41) is 8.15. The molecule has 0 spiro atoms. The first kappa shape index (κ1) is 30.8. The Morgan fingerprint density at radius 3 is 2.23 bits per heavy atom. The van der Waals surface area contributed by atoms with Gasteiger partial charge in [-0.2, -0.15) is 13.2 Å². The topological polar surface area (TPSA) is 91.9 Å². The number of rotatable bonds is 7. The van der Waals surface area contributed by atoms with Crippen LogP contribution in [0.5, 0.6) is 5.75 Å². The largest absolute Gasteiger partial charge is 0.573 e. The van der Waals surface area contributed by atoms with E-state index in [0.717, 1.165) is 12.5 Å². The molecule has 0 atom stereocenters. The van der Waals surface area contributed by atoms with Crippen molar-refractivity contribution in [1.29, 1.82) is 0 Å². The van der Waals surface area contributed by atoms with Gasteiger partial charge in [0.25, 0.3) is 0 Å². The molecule has 0 unspecified atom stereocenters. The minimum atomic E-state index is -4.89. The molecule has 15 heteroatoms. The number of halogens is 6. The minimum absolute atomic E-state index is 0.0222. The number of imidazole rings is 1. The van der Waals surface area contributed by atoms with Gasteiger partial charge in [-0.05, 0) is 72.5 Å². The second-order valence-corrected chi connectivity index (χ2v) is 11.8. The van der Waals surface area contributed by atoms with E-state index in [-0.39, 0.29) is 39.8 Å². The van der Waals surface area contributed by atoms with Crippen LogP contribution in [0.1, 0.15) is 24.0 Å². The maximum atomic E-state index is 13.5. The number of hydrogen-bond acceptors (Lipinski definition) is 6. The predicted octanol–water partition coefficient (Wildman–Crippen LogP) is 6.98. The van der Waals surface area contributed by atoms with Crippen molar-refractivity contribution in [3.05, 3.63) is 90.1 Å². The molecule has 5 rings (SSSR count). The Labute approximate surface area is 247 Å². The highest BCUT2D eigenvalue weighted by molar-refractivity contribution is 7.90. The summed E-state index contributed by atoms with van der Waals surface area (Å²) in [5.74, 6) is -0.348. The predicted molar refractivity (Wildman–Crippen MR) is 148 cm³/mol. The van der Waals surface area contributed by atoms with E-state index in [4.69, 9.17) is 0 Å². The van der Waals surface area contributed by atoms with E-state index in [0.29, 0.717) is 22.4 Å². The zero-order valence-electron chi connectivity index (χ0n) is 23.3. The van der Waals surface area contributed by atoms with Crippen LogP contribution >= 0.6 is 0 Å². The van der Waals surface area contributed by atoms with Gasteiger partial charge in [-0.3, -0.25) is 0 Å². The van der Waals surface area contributed by atoms with Crippen LogP contribution in [-0.4, -0.2) is 45.6 Å². The Balaban J connectivity index is 1.72. The molecule has 0 saturated heterocycles. The van der Waals surface area contributed by atoms with Gasteiger partial charge in [0.2, 0.25) is 0 Å². The smallest absolute Gasteiger partial charge is 0.406 e. The molecule has 2 heterocycles. The standard InChI is InChI=1S/C29H23F6N5O3S/c1-4-18-12-21(9-11-26(18)43-29(33,34)35)25-15-36-38-40(25)24-14-20(19-6-5-7-22(13-19)44(3,41)42)8-10-23(24)39-16-27(28(30,31)32)37-17(39)2/h5-16H,4H2,1-3H3. The maximum absolute atomic E-state index is 13.5. The molecule has 5 aromatic rings. The van der Waals surface area contributed by atoms with Crippen LogP contribution in [0.25, 0.3) is 33.8 Å². The van der Waals surface area contributed by atoms with Gasteiger partial charge in [-0.15, -0.1) is 18.3 Å². The normalized spacial score (nSPS) is 12.5. The number of alkyl halides is 6. The molecule has 3 aromatic carbocycles. The third-order valence-electron chi connectivity index (χ3n) is 6.74. The summed E-state index contributed by atoms with van der Waals surface area (Å²) in [4.78, 5) is 3.73. The first-order valence-electron chi connectivity index (χ1n) is 12.9. The van der Waals surface area contributed by atoms with Gasteiger partial charge in [-0.1, -0.05) is 30.3 Å². The van der Waals surface area contributed by atoms with Crippen LogP contribution < -0.4 is 4.74 Å². The van der Waals surface area contributed by atoms with Crippen molar-refractivity contribution < 1.29 is 39.5 Å². The van der Waals surface area contributed by atoms with Gasteiger partial charge in [0, 0.05) is 18.0 Å². The zero-order chi connectivity index (χ0) is 32.0. The lowest BCUT2D eigenvalue weighted by atomic mass is 10.0. The Kier molecular flexibility index (Phi) is 7.78. The van der Waals surface area contributed by atoms with E-state index >= 15 is 0 Å². The van der Waals surface area contributed by atoms with E-state index in [2.05, 4.69) is 20.0 Å². The Bertz CT molecular complexity index is 1960. The monoisotopic (exact) mass is 635 g/mol. The van der Waals surface area contributed by atoms with E-state index < -0.39 is 28.1 Å². The number of sulfone groups is 1. The van der Waals surface area contributed by atoms with Crippen molar-refractivity contribution in [1.82, 2.24) is 24.5 Å². The van der Waals surface area contributed by atoms with Crippen molar-refractivity contribution in [2.45, 2.75) is 37.7 Å². The molecule has 0 bridgehead atoms. The first-order chi connectivity index (χ1) is 20.5. The lowest BCUT2D eigenvalue weighted by Crippen LogP contribution is -2.18. The number of benzene rings is 3. The number of aryl methyl sites for hydroxylation is 2. The SMILES string of the molecule is CCc1cc(-c2cnnn2-c2cc(-c3cccc(S(C)(=O)=O)c3)ccc2-n2cc(C(F)(F)F)nc2C)ccc1OC(F)(F)F. The van der Waals surface area contributed by atoms with Gasteiger partial charge in [-0.25, -0.2) is 18.1 Å². The highest BCUT2D eigenvalue weighted by Crippen LogP contribution is 2.36. The summed E-state index contributed by atoms with van der Waals surface area (Å²) in [7, 11) is -3.55. The lowest BCUT2D eigenvalue weighted by molar-refractivity contribution is -0.274. The molecule has 0 aliphatic rings. The Morgan fingerprint density at radius 1 is 0.886 bits per heavy atom. The van der Waals surface area contributed by atoms with E-state index in [9.17, 15) is 34.8 Å². The number of nitrogens with zero attached hydrogens (tertiary/aromatic N) is 5. The highest BCUT2D eigenvalue weighted by atomic mass is 32.2. The molecule has 0 aliphatic heterocycles. The minimum Gasteiger partial charge on any atom is -0.406 e. The fourth-order valence-corrected chi connectivity index (χ4v) is 5.35. The van der Waals surface area contributed by atoms with Crippen molar-refractivity contribution in [2.75, 3.05) is 6.26 Å². The molecule has 2 aromatic heterocycles. The number of aromatic nitrogens is 5. The fraction of sp³-hybridized carbons (Fsp3) is 0.207. The molecular weight excluding hydrogens is 612 g/mol. The van der Waals surface area contributed by atoms with Crippen molar-refractivity contribution in [2.24, 2.45) is 0 Å². The second kappa shape index (κ2) is 11.1. The second-order valence-electron chi connectivity index (χ2n) is 9.80. The van der Waals surface area contributed by atoms with Crippen LogP contribution in [0.3, 0.4) is 0 Å². The number of hydrogen-bond donors (Lipinski definition) is 0. The first-order valence-corrected chi connectivity index (χ1v) is 14.8. The van der Waals surface area contributed by atoms with Crippen LogP contribution in [0.15, 0.2) is 78.0 Å². The van der Waals surface area contributed by atoms with Crippen LogP contribution in [0, 0.1) is 6.92 Å². The van der Waals surface area contributed by atoms with Gasteiger partial charge in [0.1, 0.15) is 11.6 Å². The molecular formula is C29H23F6N5O3S. The zero-order valence-corrected chi connectivity index (χ0v) is 24.1.